The minimum Gasteiger partial charge on any atom is -0.465 e. The molecule has 0 N–H and O–H groups in total. The standard InChI is InChI=1S/C10H8O3S2/c1-5(11)7-3-6-4-8(9(12)13-2)15-10(6)14-7/h3-4H,1-2H3. The van der Waals surface area contributed by atoms with Crippen molar-refractivity contribution >= 4 is 43.8 Å². The molecule has 78 valence electrons. The third-order valence-electron chi connectivity index (χ3n) is 1.95. The second-order valence-electron chi connectivity index (χ2n) is 3.01. The molecule has 0 saturated carbocycles. The van der Waals surface area contributed by atoms with Crippen LogP contribution in [-0.2, 0) is 4.74 Å². The second kappa shape index (κ2) is 3.75. The molecule has 0 atom stereocenters. The number of thiophene rings is 2. The topological polar surface area (TPSA) is 43.4 Å². The van der Waals surface area contributed by atoms with Gasteiger partial charge in [-0.1, -0.05) is 0 Å². The molecule has 2 rings (SSSR count). The van der Waals surface area contributed by atoms with Crippen molar-refractivity contribution in [3.05, 3.63) is 21.9 Å². The average Bonchev–Trinajstić information content (AvgIpc) is 2.72. The third-order valence-corrected chi connectivity index (χ3v) is 4.42. The molecular formula is C10H8O3S2. The summed E-state index contributed by atoms with van der Waals surface area (Å²) in [5.41, 5.74) is 0. The SMILES string of the molecule is COC(=O)c1cc2cc(C(C)=O)sc2s1. The van der Waals surface area contributed by atoms with Crippen LogP contribution in [0, 0.1) is 0 Å². The number of ketones is 1. The van der Waals surface area contributed by atoms with Crippen molar-refractivity contribution in [2.75, 3.05) is 7.11 Å². The molecule has 0 aliphatic rings. The molecule has 0 unspecified atom stereocenters. The molecule has 0 amide bonds. The molecule has 0 bridgehead atoms. The number of methoxy groups -OCH3 is 1. The summed E-state index contributed by atoms with van der Waals surface area (Å²) in [6.07, 6.45) is 0. The van der Waals surface area contributed by atoms with E-state index >= 15 is 0 Å². The third kappa shape index (κ3) is 1.80. The molecule has 0 fully saturated rings. The molecule has 15 heavy (non-hydrogen) atoms. The average molecular weight is 240 g/mol. The van der Waals surface area contributed by atoms with E-state index in [4.69, 9.17) is 0 Å². The van der Waals surface area contributed by atoms with Crippen molar-refractivity contribution in [2.45, 2.75) is 6.92 Å². The van der Waals surface area contributed by atoms with Crippen LogP contribution in [0.4, 0.5) is 0 Å². The van der Waals surface area contributed by atoms with Gasteiger partial charge in [0.25, 0.3) is 0 Å². The van der Waals surface area contributed by atoms with E-state index in [-0.39, 0.29) is 11.8 Å². The molecule has 0 radical (unpaired) electrons. The fourth-order valence-electron chi connectivity index (χ4n) is 1.21. The number of carbonyl (C=O) groups is 2. The van der Waals surface area contributed by atoms with Gasteiger partial charge >= 0.3 is 5.97 Å². The van der Waals surface area contributed by atoms with Crippen molar-refractivity contribution in [1.82, 2.24) is 0 Å². The van der Waals surface area contributed by atoms with E-state index in [1.165, 1.54) is 36.7 Å². The maximum absolute atomic E-state index is 11.2. The Balaban J connectivity index is 2.47. The lowest BCUT2D eigenvalue weighted by Gasteiger charge is -1.91. The van der Waals surface area contributed by atoms with E-state index in [0.29, 0.717) is 4.88 Å². The molecule has 0 saturated heterocycles. The second-order valence-corrected chi connectivity index (χ2v) is 5.37. The minimum atomic E-state index is -0.326. The van der Waals surface area contributed by atoms with Gasteiger partial charge < -0.3 is 4.74 Å². The lowest BCUT2D eigenvalue weighted by atomic mass is 10.3. The Bertz CT molecular complexity index is 504. The number of hydrogen-bond acceptors (Lipinski definition) is 5. The van der Waals surface area contributed by atoms with Gasteiger partial charge in [0.2, 0.25) is 0 Å². The summed E-state index contributed by atoms with van der Waals surface area (Å²) in [6.45, 7) is 1.54. The first kappa shape index (κ1) is 10.3. The minimum absolute atomic E-state index is 0.0584. The van der Waals surface area contributed by atoms with Crippen molar-refractivity contribution in [1.29, 1.82) is 0 Å². The van der Waals surface area contributed by atoms with Gasteiger partial charge in [0.1, 0.15) is 4.88 Å². The van der Waals surface area contributed by atoms with Crippen molar-refractivity contribution in [3.8, 4) is 0 Å². The highest BCUT2D eigenvalue weighted by Crippen LogP contribution is 2.33. The molecule has 3 nitrogen and oxygen atoms in total. The summed E-state index contributed by atoms with van der Waals surface area (Å²) in [5.74, 6) is -0.268. The predicted octanol–water partition coefficient (Wildman–Crippen LogP) is 2.95. The number of fused-ring (bicyclic) bond motifs is 1. The Morgan fingerprint density at radius 1 is 1.20 bits per heavy atom. The summed E-state index contributed by atoms with van der Waals surface area (Å²) in [4.78, 5) is 23.6. The van der Waals surface area contributed by atoms with Crippen LogP contribution in [0.1, 0.15) is 26.3 Å². The lowest BCUT2D eigenvalue weighted by molar-refractivity contribution is 0.0606. The summed E-state index contributed by atoms with van der Waals surface area (Å²) < 4.78 is 5.61. The highest BCUT2D eigenvalue weighted by molar-refractivity contribution is 7.39. The first-order valence-corrected chi connectivity index (χ1v) is 5.87. The number of Topliss-reactive ketones (excluding diaryl/α,β-unsaturated/α-hetero) is 1. The van der Waals surface area contributed by atoms with Crippen LogP contribution >= 0.6 is 22.7 Å². The van der Waals surface area contributed by atoms with Gasteiger partial charge in [-0.3, -0.25) is 4.79 Å². The molecule has 2 aromatic rings. The first-order chi connectivity index (χ1) is 7.11. The smallest absolute Gasteiger partial charge is 0.348 e. The van der Waals surface area contributed by atoms with E-state index in [1.807, 2.05) is 6.07 Å². The normalized spacial score (nSPS) is 10.5. The zero-order chi connectivity index (χ0) is 11.0. The Labute approximate surface area is 94.3 Å². The van der Waals surface area contributed by atoms with Gasteiger partial charge in [0.15, 0.2) is 5.78 Å². The van der Waals surface area contributed by atoms with Gasteiger partial charge in [0.05, 0.1) is 16.0 Å². The van der Waals surface area contributed by atoms with Crippen LogP contribution in [0.15, 0.2) is 12.1 Å². The molecule has 2 aromatic heterocycles. The number of rotatable bonds is 2. The maximum atomic E-state index is 11.2. The zero-order valence-electron chi connectivity index (χ0n) is 8.20. The van der Waals surface area contributed by atoms with Crippen LogP contribution < -0.4 is 0 Å². The number of esters is 1. The molecule has 0 aliphatic heterocycles. The zero-order valence-corrected chi connectivity index (χ0v) is 9.83. The largest absolute Gasteiger partial charge is 0.465 e. The number of hydrogen-bond donors (Lipinski definition) is 0. The highest BCUT2D eigenvalue weighted by atomic mass is 32.2. The predicted molar refractivity (Wildman–Crippen MR) is 61.0 cm³/mol. The van der Waals surface area contributed by atoms with E-state index in [1.54, 1.807) is 6.07 Å². The fourth-order valence-corrected chi connectivity index (χ4v) is 3.47. The van der Waals surface area contributed by atoms with Crippen LogP contribution in [0.2, 0.25) is 0 Å². The number of carbonyl (C=O) groups excluding carboxylic acids is 2. The van der Waals surface area contributed by atoms with Crippen molar-refractivity contribution in [3.63, 3.8) is 0 Å². The maximum Gasteiger partial charge on any atom is 0.348 e. The van der Waals surface area contributed by atoms with E-state index < -0.39 is 0 Å². The number of ether oxygens (including phenoxy) is 1. The first-order valence-electron chi connectivity index (χ1n) is 4.24. The Morgan fingerprint density at radius 2 is 1.80 bits per heavy atom. The van der Waals surface area contributed by atoms with Gasteiger partial charge in [0, 0.05) is 5.39 Å². The molecular weight excluding hydrogens is 232 g/mol. The van der Waals surface area contributed by atoms with E-state index in [0.717, 1.165) is 14.3 Å². The van der Waals surface area contributed by atoms with Crippen molar-refractivity contribution in [2.24, 2.45) is 0 Å². The Kier molecular flexibility index (Phi) is 2.58. The van der Waals surface area contributed by atoms with E-state index in [2.05, 4.69) is 4.74 Å². The quantitative estimate of drug-likeness (QED) is 0.598. The monoisotopic (exact) mass is 240 g/mol. The van der Waals surface area contributed by atoms with Crippen LogP contribution in [0.25, 0.3) is 9.40 Å². The van der Waals surface area contributed by atoms with Crippen LogP contribution in [0.3, 0.4) is 0 Å². The fraction of sp³-hybridized carbons (Fsp3) is 0.200. The molecule has 2 heterocycles. The molecule has 0 aromatic carbocycles. The summed E-state index contributed by atoms with van der Waals surface area (Å²) >= 11 is 2.78. The van der Waals surface area contributed by atoms with Crippen LogP contribution in [-0.4, -0.2) is 18.9 Å². The Hall–Kier alpha value is -1.20. The van der Waals surface area contributed by atoms with Gasteiger partial charge in [-0.25, -0.2) is 4.79 Å². The summed E-state index contributed by atoms with van der Waals surface area (Å²) in [7, 11) is 1.36. The van der Waals surface area contributed by atoms with Crippen LogP contribution in [0.5, 0.6) is 0 Å². The van der Waals surface area contributed by atoms with Gasteiger partial charge in [-0.05, 0) is 19.1 Å². The highest BCUT2D eigenvalue weighted by Gasteiger charge is 2.13. The molecule has 5 heteroatoms. The molecule has 0 spiro atoms. The summed E-state index contributed by atoms with van der Waals surface area (Å²) in [6, 6.07) is 3.57. The summed E-state index contributed by atoms with van der Waals surface area (Å²) in [5, 5.41) is 0.940. The lowest BCUT2D eigenvalue weighted by Crippen LogP contribution is -1.96. The Morgan fingerprint density at radius 3 is 2.33 bits per heavy atom. The molecule has 0 aliphatic carbocycles. The van der Waals surface area contributed by atoms with Gasteiger partial charge in [-0.15, -0.1) is 22.7 Å². The van der Waals surface area contributed by atoms with Crippen molar-refractivity contribution < 1.29 is 14.3 Å². The van der Waals surface area contributed by atoms with Gasteiger partial charge in [-0.2, -0.15) is 0 Å². The van der Waals surface area contributed by atoms with E-state index in [9.17, 15) is 9.59 Å².